The number of aliphatic hydroxyl groups excluding tert-OH is 1. The molecule has 3 heteroatoms. The molecule has 2 N–H and O–H groups in total. The average Bonchev–Trinajstić information content (AvgIpc) is 2.44. The SMILES string of the molecule is CCN(CCCO)CCC(NC)c1ccccc1C. The van der Waals surface area contributed by atoms with Crippen molar-refractivity contribution in [3.05, 3.63) is 35.4 Å². The normalized spacial score (nSPS) is 12.9. The van der Waals surface area contributed by atoms with Gasteiger partial charge in [-0.25, -0.2) is 0 Å². The molecule has 3 nitrogen and oxygen atoms in total. The minimum atomic E-state index is 0.281. The fourth-order valence-electron chi connectivity index (χ4n) is 2.47. The number of hydrogen-bond acceptors (Lipinski definition) is 3. The van der Waals surface area contributed by atoms with E-state index in [0.29, 0.717) is 6.04 Å². The Morgan fingerprint density at radius 2 is 2.00 bits per heavy atom. The van der Waals surface area contributed by atoms with Crippen LogP contribution in [0.3, 0.4) is 0 Å². The van der Waals surface area contributed by atoms with Crippen molar-refractivity contribution in [2.24, 2.45) is 0 Å². The van der Waals surface area contributed by atoms with Gasteiger partial charge in [-0.3, -0.25) is 0 Å². The van der Waals surface area contributed by atoms with Crippen molar-refractivity contribution in [3.8, 4) is 0 Å². The Hall–Kier alpha value is -0.900. The van der Waals surface area contributed by atoms with Gasteiger partial charge in [-0.05, 0) is 51.0 Å². The maximum absolute atomic E-state index is 8.91. The molecule has 0 aliphatic carbocycles. The molecule has 1 unspecified atom stereocenters. The predicted molar refractivity (Wildman–Crippen MR) is 81.4 cm³/mol. The van der Waals surface area contributed by atoms with Crippen molar-refractivity contribution in [1.82, 2.24) is 10.2 Å². The van der Waals surface area contributed by atoms with Crippen LogP contribution in [0.25, 0.3) is 0 Å². The second kappa shape index (κ2) is 9.08. The van der Waals surface area contributed by atoms with E-state index in [2.05, 4.69) is 48.3 Å². The van der Waals surface area contributed by atoms with Crippen LogP contribution in [0.15, 0.2) is 24.3 Å². The number of benzene rings is 1. The van der Waals surface area contributed by atoms with Crippen LogP contribution in [0.1, 0.15) is 36.9 Å². The predicted octanol–water partition coefficient (Wildman–Crippen LogP) is 2.35. The average molecular weight is 264 g/mol. The third-order valence-corrected chi connectivity index (χ3v) is 3.73. The molecular formula is C16H28N2O. The van der Waals surface area contributed by atoms with E-state index in [9.17, 15) is 0 Å². The van der Waals surface area contributed by atoms with E-state index in [-0.39, 0.29) is 6.61 Å². The summed E-state index contributed by atoms with van der Waals surface area (Å²) in [6.45, 7) is 7.73. The first-order valence-corrected chi connectivity index (χ1v) is 7.28. The van der Waals surface area contributed by atoms with Gasteiger partial charge in [-0.15, -0.1) is 0 Å². The summed E-state index contributed by atoms with van der Waals surface area (Å²) in [7, 11) is 2.03. The summed E-state index contributed by atoms with van der Waals surface area (Å²) in [6, 6.07) is 8.98. The van der Waals surface area contributed by atoms with Crippen LogP contribution >= 0.6 is 0 Å². The Balaban J connectivity index is 2.55. The molecule has 0 aliphatic heterocycles. The molecule has 1 aromatic rings. The van der Waals surface area contributed by atoms with Crippen LogP contribution in [-0.2, 0) is 0 Å². The van der Waals surface area contributed by atoms with Crippen LogP contribution in [0, 0.1) is 6.92 Å². The van der Waals surface area contributed by atoms with Gasteiger partial charge in [-0.1, -0.05) is 31.2 Å². The van der Waals surface area contributed by atoms with E-state index in [4.69, 9.17) is 5.11 Å². The molecule has 108 valence electrons. The van der Waals surface area contributed by atoms with E-state index in [1.807, 2.05) is 7.05 Å². The van der Waals surface area contributed by atoms with Crippen LogP contribution in [-0.4, -0.2) is 43.3 Å². The molecule has 1 aromatic carbocycles. The third kappa shape index (κ3) is 5.31. The summed E-state index contributed by atoms with van der Waals surface area (Å²) in [5, 5.41) is 12.3. The topological polar surface area (TPSA) is 35.5 Å². The fraction of sp³-hybridized carbons (Fsp3) is 0.625. The van der Waals surface area contributed by atoms with Crippen LogP contribution < -0.4 is 5.32 Å². The lowest BCUT2D eigenvalue weighted by Crippen LogP contribution is -2.30. The summed E-state index contributed by atoms with van der Waals surface area (Å²) in [5.41, 5.74) is 2.74. The minimum absolute atomic E-state index is 0.281. The van der Waals surface area contributed by atoms with Crippen LogP contribution in [0.5, 0.6) is 0 Å². The number of nitrogens with one attached hydrogen (secondary N) is 1. The van der Waals surface area contributed by atoms with Crippen molar-refractivity contribution in [2.75, 3.05) is 33.3 Å². The summed E-state index contributed by atoms with van der Waals surface area (Å²) >= 11 is 0. The van der Waals surface area contributed by atoms with Gasteiger partial charge in [-0.2, -0.15) is 0 Å². The van der Waals surface area contributed by atoms with Gasteiger partial charge in [0.1, 0.15) is 0 Å². The lowest BCUT2D eigenvalue weighted by molar-refractivity contribution is 0.223. The second-order valence-corrected chi connectivity index (χ2v) is 5.00. The highest BCUT2D eigenvalue weighted by Crippen LogP contribution is 2.20. The van der Waals surface area contributed by atoms with E-state index in [0.717, 1.165) is 32.5 Å². The molecule has 1 rings (SSSR count). The standard InChI is InChI=1S/C16H28N2O/c1-4-18(11-7-13-19)12-10-16(17-3)15-9-6-5-8-14(15)2/h5-6,8-9,16-17,19H,4,7,10-13H2,1-3H3. The van der Waals surface area contributed by atoms with Crippen molar-refractivity contribution in [2.45, 2.75) is 32.7 Å². The van der Waals surface area contributed by atoms with Gasteiger partial charge in [0.15, 0.2) is 0 Å². The van der Waals surface area contributed by atoms with Crippen molar-refractivity contribution in [1.29, 1.82) is 0 Å². The number of rotatable bonds is 9. The van der Waals surface area contributed by atoms with Crippen molar-refractivity contribution in [3.63, 3.8) is 0 Å². The maximum atomic E-state index is 8.91. The van der Waals surface area contributed by atoms with Crippen LogP contribution in [0.4, 0.5) is 0 Å². The number of hydrogen-bond donors (Lipinski definition) is 2. The Morgan fingerprint density at radius 1 is 1.26 bits per heavy atom. The first kappa shape index (κ1) is 16.2. The van der Waals surface area contributed by atoms with Gasteiger partial charge in [0.2, 0.25) is 0 Å². The highest BCUT2D eigenvalue weighted by atomic mass is 16.3. The molecule has 0 aliphatic rings. The zero-order valence-corrected chi connectivity index (χ0v) is 12.5. The van der Waals surface area contributed by atoms with Gasteiger partial charge in [0, 0.05) is 19.2 Å². The van der Waals surface area contributed by atoms with Gasteiger partial charge in [0.05, 0.1) is 0 Å². The monoisotopic (exact) mass is 264 g/mol. The molecule has 0 radical (unpaired) electrons. The molecule has 0 saturated carbocycles. The van der Waals surface area contributed by atoms with E-state index in [1.54, 1.807) is 0 Å². The minimum Gasteiger partial charge on any atom is -0.396 e. The Labute approximate surface area is 117 Å². The van der Waals surface area contributed by atoms with Crippen LogP contribution in [0.2, 0.25) is 0 Å². The third-order valence-electron chi connectivity index (χ3n) is 3.73. The number of nitrogens with zero attached hydrogens (tertiary/aromatic N) is 1. The molecule has 0 bridgehead atoms. The van der Waals surface area contributed by atoms with Gasteiger partial charge < -0.3 is 15.3 Å². The Kier molecular flexibility index (Phi) is 7.72. The lowest BCUT2D eigenvalue weighted by atomic mass is 9.99. The molecule has 0 heterocycles. The van der Waals surface area contributed by atoms with Gasteiger partial charge in [0.25, 0.3) is 0 Å². The molecule has 1 atom stereocenters. The Bertz CT molecular complexity index is 354. The quantitative estimate of drug-likeness (QED) is 0.718. The molecular weight excluding hydrogens is 236 g/mol. The summed E-state index contributed by atoms with van der Waals surface area (Å²) in [5.74, 6) is 0. The summed E-state index contributed by atoms with van der Waals surface area (Å²) in [4.78, 5) is 2.40. The Morgan fingerprint density at radius 3 is 2.58 bits per heavy atom. The molecule has 0 fully saturated rings. The summed E-state index contributed by atoms with van der Waals surface area (Å²) in [6.07, 6.45) is 1.96. The largest absolute Gasteiger partial charge is 0.396 e. The van der Waals surface area contributed by atoms with Crippen molar-refractivity contribution >= 4 is 0 Å². The first-order valence-electron chi connectivity index (χ1n) is 7.28. The lowest BCUT2D eigenvalue weighted by Gasteiger charge is -2.24. The molecule has 0 aromatic heterocycles. The van der Waals surface area contributed by atoms with Gasteiger partial charge >= 0.3 is 0 Å². The van der Waals surface area contributed by atoms with E-state index >= 15 is 0 Å². The number of aliphatic hydroxyl groups is 1. The maximum Gasteiger partial charge on any atom is 0.0443 e. The highest BCUT2D eigenvalue weighted by Gasteiger charge is 2.12. The number of aryl methyl sites for hydroxylation is 1. The molecule has 0 amide bonds. The van der Waals surface area contributed by atoms with E-state index in [1.165, 1.54) is 11.1 Å². The highest BCUT2D eigenvalue weighted by molar-refractivity contribution is 5.28. The van der Waals surface area contributed by atoms with E-state index < -0.39 is 0 Å². The summed E-state index contributed by atoms with van der Waals surface area (Å²) < 4.78 is 0. The zero-order valence-electron chi connectivity index (χ0n) is 12.5. The fourth-order valence-corrected chi connectivity index (χ4v) is 2.47. The molecule has 19 heavy (non-hydrogen) atoms. The van der Waals surface area contributed by atoms with Crippen molar-refractivity contribution < 1.29 is 5.11 Å². The zero-order chi connectivity index (χ0) is 14.1. The second-order valence-electron chi connectivity index (χ2n) is 5.00. The molecule has 0 spiro atoms. The molecule has 0 saturated heterocycles. The smallest absolute Gasteiger partial charge is 0.0443 e. The first-order chi connectivity index (χ1) is 9.22.